The van der Waals surface area contributed by atoms with Crippen molar-refractivity contribution in [3.8, 4) is 0 Å². The SMILES string of the molecule is CC1COC(CO)CN1CC1CCCCC1=O. The van der Waals surface area contributed by atoms with Gasteiger partial charge < -0.3 is 9.84 Å². The Labute approximate surface area is 103 Å². The van der Waals surface area contributed by atoms with Crippen molar-refractivity contribution in [2.75, 3.05) is 26.3 Å². The monoisotopic (exact) mass is 241 g/mol. The molecule has 0 aromatic rings. The van der Waals surface area contributed by atoms with Crippen LogP contribution in [0, 0.1) is 5.92 Å². The highest BCUT2D eigenvalue weighted by molar-refractivity contribution is 5.81. The van der Waals surface area contributed by atoms with Gasteiger partial charge in [-0.25, -0.2) is 0 Å². The van der Waals surface area contributed by atoms with E-state index in [9.17, 15) is 4.79 Å². The van der Waals surface area contributed by atoms with Crippen molar-refractivity contribution in [1.29, 1.82) is 0 Å². The molecule has 2 aliphatic rings. The fraction of sp³-hybridized carbons (Fsp3) is 0.923. The molecule has 1 aliphatic carbocycles. The summed E-state index contributed by atoms with van der Waals surface area (Å²) in [7, 11) is 0. The van der Waals surface area contributed by atoms with E-state index in [0.29, 0.717) is 18.4 Å². The molecule has 0 bridgehead atoms. The van der Waals surface area contributed by atoms with E-state index < -0.39 is 0 Å². The Morgan fingerprint density at radius 2 is 2.29 bits per heavy atom. The van der Waals surface area contributed by atoms with Gasteiger partial charge in [-0.15, -0.1) is 0 Å². The van der Waals surface area contributed by atoms with E-state index in [2.05, 4.69) is 11.8 Å². The third-order valence-electron chi connectivity index (χ3n) is 3.97. The Hall–Kier alpha value is -0.450. The first-order valence-electron chi connectivity index (χ1n) is 6.70. The number of rotatable bonds is 3. The molecule has 4 nitrogen and oxygen atoms in total. The average Bonchev–Trinajstić information content (AvgIpc) is 2.35. The molecule has 2 fully saturated rings. The minimum absolute atomic E-state index is 0.0713. The van der Waals surface area contributed by atoms with Gasteiger partial charge in [-0.3, -0.25) is 9.69 Å². The maximum atomic E-state index is 11.8. The smallest absolute Gasteiger partial charge is 0.137 e. The quantitative estimate of drug-likeness (QED) is 0.795. The van der Waals surface area contributed by atoms with Crippen molar-refractivity contribution in [1.82, 2.24) is 4.90 Å². The molecule has 0 aromatic heterocycles. The van der Waals surface area contributed by atoms with Crippen LogP contribution in [0.1, 0.15) is 32.6 Å². The van der Waals surface area contributed by atoms with Gasteiger partial charge >= 0.3 is 0 Å². The second kappa shape index (κ2) is 5.94. The summed E-state index contributed by atoms with van der Waals surface area (Å²) in [6, 6.07) is 0.354. The standard InChI is InChI=1S/C13H23NO3/c1-10-9-17-12(8-15)7-14(10)6-11-4-2-3-5-13(11)16/h10-12,15H,2-9H2,1H3. The van der Waals surface area contributed by atoms with E-state index in [-0.39, 0.29) is 18.6 Å². The molecule has 3 atom stereocenters. The third-order valence-corrected chi connectivity index (χ3v) is 3.97. The van der Waals surface area contributed by atoms with Gasteiger partial charge in [0, 0.05) is 31.5 Å². The van der Waals surface area contributed by atoms with Gasteiger partial charge in [0.1, 0.15) is 5.78 Å². The lowest BCUT2D eigenvalue weighted by Crippen LogP contribution is -2.51. The highest BCUT2D eigenvalue weighted by atomic mass is 16.5. The van der Waals surface area contributed by atoms with Gasteiger partial charge in [0.25, 0.3) is 0 Å². The normalized spacial score (nSPS) is 36.1. The minimum atomic E-state index is -0.0788. The van der Waals surface area contributed by atoms with Gasteiger partial charge in [-0.1, -0.05) is 6.42 Å². The molecule has 1 aliphatic heterocycles. The van der Waals surface area contributed by atoms with Crippen LogP contribution < -0.4 is 0 Å². The average molecular weight is 241 g/mol. The summed E-state index contributed by atoms with van der Waals surface area (Å²) in [6.45, 7) is 4.45. The van der Waals surface area contributed by atoms with Gasteiger partial charge in [0.05, 0.1) is 19.3 Å². The summed E-state index contributed by atoms with van der Waals surface area (Å²) in [5.41, 5.74) is 0. The van der Waals surface area contributed by atoms with Crippen LogP contribution in [0.15, 0.2) is 0 Å². The summed E-state index contributed by atoms with van der Waals surface area (Å²) in [4.78, 5) is 14.1. The fourth-order valence-electron chi connectivity index (χ4n) is 2.77. The molecule has 3 unspecified atom stereocenters. The minimum Gasteiger partial charge on any atom is -0.394 e. The van der Waals surface area contributed by atoms with Crippen LogP contribution in [-0.2, 0) is 9.53 Å². The van der Waals surface area contributed by atoms with Crippen molar-refractivity contribution >= 4 is 5.78 Å². The van der Waals surface area contributed by atoms with Crippen LogP contribution in [0.25, 0.3) is 0 Å². The van der Waals surface area contributed by atoms with E-state index in [0.717, 1.165) is 32.4 Å². The third kappa shape index (κ3) is 3.27. The molecule has 0 amide bonds. The lowest BCUT2D eigenvalue weighted by molar-refractivity contribution is -0.127. The van der Waals surface area contributed by atoms with Crippen LogP contribution in [0.5, 0.6) is 0 Å². The number of hydrogen-bond donors (Lipinski definition) is 1. The molecule has 1 N–H and O–H groups in total. The number of aliphatic hydroxyl groups excluding tert-OH is 1. The second-order valence-corrected chi connectivity index (χ2v) is 5.35. The highest BCUT2D eigenvalue weighted by Gasteiger charge is 2.30. The van der Waals surface area contributed by atoms with Crippen LogP contribution in [0.3, 0.4) is 0 Å². The topological polar surface area (TPSA) is 49.8 Å². The maximum Gasteiger partial charge on any atom is 0.137 e. The Morgan fingerprint density at radius 1 is 1.47 bits per heavy atom. The van der Waals surface area contributed by atoms with Gasteiger partial charge in [-0.2, -0.15) is 0 Å². The molecule has 4 heteroatoms. The number of aliphatic hydroxyl groups is 1. The van der Waals surface area contributed by atoms with Crippen molar-refractivity contribution < 1.29 is 14.6 Å². The number of nitrogens with zero attached hydrogens (tertiary/aromatic N) is 1. The summed E-state index contributed by atoms with van der Waals surface area (Å²) >= 11 is 0. The predicted molar refractivity (Wildman–Crippen MR) is 64.8 cm³/mol. The number of carbonyl (C=O) groups excluding carboxylic acids is 1. The molecule has 1 heterocycles. The van der Waals surface area contributed by atoms with E-state index in [1.54, 1.807) is 0 Å². The molecular formula is C13H23NO3. The number of morpholine rings is 1. The molecule has 0 radical (unpaired) electrons. The van der Waals surface area contributed by atoms with Crippen LogP contribution >= 0.6 is 0 Å². The fourth-order valence-corrected chi connectivity index (χ4v) is 2.77. The largest absolute Gasteiger partial charge is 0.394 e. The summed E-state index contributed by atoms with van der Waals surface area (Å²) in [5, 5.41) is 9.13. The predicted octanol–water partition coefficient (Wildman–Crippen LogP) is 0.827. The number of Topliss-reactive ketones (excluding diaryl/α,β-unsaturated/α-hetero) is 1. The van der Waals surface area contributed by atoms with Crippen LogP contribution in [-0.4, -0.2) is 54.2 Å². The molecule has 0 spiro atoms. The number of ketones is 1. The van der Waals surface area contributed by atoms with Crippen molar-refractivity contribution in [3.63, 3.8) is 0 Å². The molecule has 1 saturated heterocycles. The first kappa shape index (κ1) is 13.0. The van der Waals surface area contributed by atoms with E-state index in [4.69, 9.17) is 9.84 Å². The van der Waals surface area contributed by atoms with Crippen LogP contribution in [0.2, 0.25) is 0 Å². The van der Waals surface area contributed by atoms with Crippen LogP contribution in [0.4, 0.5) is 0 Å². The maximum absolute atomic E-state index is 11.8. The van der Waals surface area contributed by atoms with E-state index in [1.807, 2.05) is 0 Å². The van der Waals surface area contributed by atoms with Crippen molar-refractivity contribution in [3.05, 3.63) is 0 Å². The Kier molecular flexibility index (Phi) is 4.54. The zero-order valence-corrected chi connectivity index (χ0v) is 10.6. The van der Waals surface area contributed by atoms with E-state index >= 15 is 0 Å². The first-order chi connectivity index (χ1) is 8.20. The zero-order valence-electron chi connectivity index (χ0n) is 10.6. The van der Waals surface area contributed by atoms with E-state index in [1.165, 1.54) is 6.42 Å². The Morgan fingerprint density at radius 3 is 3.00 bits per heavy atom. The molecule has 1 saturated carbocycles. The number of carbonyl (C=O) groups is 1. The molecule has 0 aromatic carbocycles. The summed E-state index contributed by atoms with van der Waals surface area (Å²) in [6.07, 6.45) is 3.95. The summed E-state index contributed by atoms with van der Waals surface area (Å²) < 4.78 is 5.51. The van der Waals surface area contributed by atoms with Gasteiger partial charge in [0.2, 0.25) is 0 Å². The molecular weight excluding hydrogens is 218 g/mol. The molecule has 17 heavy (non-hydrogen) atoms. The molecule has 2 rings (SSSR count). The second-order valence-electron chi connectivity index (χ2n) is 5.35. The van der Waals surface area contributed by atoms with Gasteiger partial charge in [0.15, 0.2) is 0 Å². The van der Waals surface area contributed by atoms with Gasteiger partial charge in [-0.05, 0) is 19.8 Å². The number of ether oxygens (including phenoxy) is 1. The molecule has 98 valence electrons. The number of hydrogen-bond acceptors (Lipinski definition) is 4. The first-order valence-corrected chi connectivity index (χ1v) is 6.70. The lowest BCUT2D eigenvalue weighted by atomic mass is 9.87. The van der Waals surface area contributed by atoms with Crippen molar-refractivity contribution in [2.45, 2.75) is 44.8 Å². The van der Waals surface area contributed by atoms with Crippen molar-refractivity contribution in [2.24, 2.45) is 5.92 Å². The highest BCUT2D eigenvalue weighted by Crippen LogP contribution is 2.23. The zero-order chi connectivity index (χ0) is 12.3. The summed E-state index contributed by atoms with van der Waals surface area (Å²) in [5.74, 6) is 0.638. The Balaban J connectivity index is 1.89. The lowest BCUT2D eigenvalue weighted by Gasteiger charge is -2.39. The Bertz CT molecular complexity index is 269.